The zero-order valence-corrected chi connectivity index (χ0v) is 11.7. The standard InChI is InChI=1S/C14H22N2O2/c1-13(2,10-15)7-5-6-8-16-11(17)9-14(3,4)12(16)18/h5-9H2,1-4H3. The fraction of sp³-hybridized carbons (Fsp3) is 0.786. The number of unbranched alkanes of at least 4 members (excludes halogenated alkanes) is 1. The van der Waals surface area contributed by atoms with Gasteiger partial charge in [0.05, 0.1) is 16.9 Å². The van der Waals surface area contributed by atoms with Crippen LogP contribution in [0.4, 0.5) is 0 Å². The highest BCUT2D eigenvalue weighted by molar-refractivity contribution is 6.05. The van der Waals surface area contributed by atoms with E-state index in [2.05, 4.69) is 6.07 Å². The van der Waals surface area contributed by atoms with Crippen LogP contribution in [-0.2, 0) is 9.59 Å². The number of carbonyl (C=O) groups is 2. The summed E-state index contributed by atoms with van der Waals surface area (Å²) in [5, 5.41) is 8.89. The molecule has 0 bridgehead atoms. The van der Waals surface area contributed by atoms with Crippen LogP contribution in [-0.4, -0.2) is 23.3 Å². The van der Waals surface area contributed by atoms with Crippen LogP contribution >= 0.6 is 0 Å². The zero-order valence-electron chi connectivity index (χ0n) is 11.7. The van der Waals surface area contributed by atoms with Gasteiger partial charge in [0, 0.05) is 13.0 Å². The van der Waals surface area contributed by atoms with E-state index in [1.165, 1.54) is 4.90 Å². The monoisotopic (exact) mass is 250 g/mol. The fourth-order valence-electron chi connectivity index (χ4n) is 2.15. The first-order valence-electron chi connectivity index (χ1n) is 6.46. The molecule has 1 aliphatic heterocycles. The van der Waals surface area contributed by atoms with Gasteiger partial charge in [-0.3, -0.25) is 14.5 Å². The van der Waals surface area contributed by atoms with Gasteiger partial charge in [-0.15, -0.1) is 0 Å². The average molecular weight is 250 g/mol. The Hall–Kier alpha value is -1.37. The third-order valence-electron chi connectivity index (χ3n) is 3.45. The van der Waals surface area contributed by atoms with E-state index in [1.807, 2.05) is 27.7 Å². The van der Waals surface area contributed by atoms with Gasteiger partial charge in [0.15, 0.2) is 0 Å². The zero-order chi connectivity index (χ0) is 14.0. The second kappa shape index (κ2) is 5.09. The molecule has 2 amide bonds. The molecule has 0 aromatic heterocycles. The van der Waals surface area contributed by atoms with Crippen LogP contribution in [0.3, 0.4) is 0 Å². The predicted molar refractivity (Wildman–Crippen MR) is 68.4 cm³/mol. The molecule has 0 saturated carbocycles. The topological polar surface area (TPSA) is 61.2 Å². The summed E-state index contributed by atoms with van der Waals surface area (Å²) >= 11 is 0. The summed E-state index contributed by atoms with van der Waals surface area (Å²) in [6, 6.07) is 2.25. The maximum Gasteiger partial charge on any atom is 0.235 e. The van der Waals surface area contributed by atoms with E-state index in [9.17, 15) is 9.59 Å². The average Bonchev–Trinajstić information content (AvgIpc) is 2.45. The molecule has 18 heavy (non-hydrogen) atoms. The Kier molecular flexibility index (Phi) is 4.16. The molecule has 0 aliphatic carbocycles. The van der Waals surface area contributed by atoms with E-state index in [4.69, 9.17) is 5.26 Å². The van der Waals surface area contributed by atoms with Crippen molar-refractivity contribution >= 4 is 11.8 Å². The van der Waals surface area contributed by atoms with Crippen molar-refractivity contribution in [3.8, 4) is 6.07 Å². The lowest BCUT2D eigenvalue weighted by molar-refractivity contribution is -0.140. The molecule has 1 fully saturated rings. The van der Waals surface area contributed by atoms with E-state index < -0.39 is 5.41 Å². The molecular formula is C14H22N2O2. The van der Waals surface area contributed by atoms with Gasteiger partial charge in [0.25, 0.3) is 0 Å². The number of hydrogen-bond donors (Lipinski definition) is 0. The Morgan fingerprint density at radius 3 is 2.39 bits per heavy atom. The lowest BCUT2D eigenvalue weighted by Crippen LogP contribution is -2.33. The Labute approximate surface area is 109 Å². The first kappa shape index (κ1) is 14.7. The smallest absolute Gasteiger partial charge is 0.235 e. The largest absolute Gasteiger partial charge is 0.282 e. The normalized spacial score (nSPS) is 19.2. The lowest BCUT2D eigenvalue weighted by Gasteiger charge is -2.19. The van der Waals surface area contributed by atoms with E-state index >= 15 is 0 Å². The lowest BCUT2D eigenvalue weighted by atomic mass is 9.89. The maximum absolute atomic E-state index is 11.9. The molecule has 0 atom stereocenters. The number of likely N-dealkylation sites (tertiary alicyclic amines) is 1. The SMILES string of the molecule is CC(C)(C#N)CCCCN1C(=O)CC(C)(C)C1=O. The maximum atomic E-state index is 11.9. The van der Waals surface area contributed by atoms with Crippen molar-refractivity contribution in [2.75, 3.05) is 6.54 Å². The highest BCUT2D eigenvalue weighted by Crippen LogP contribution is 2.32. The van der Waals surface area contributed by atoms with Gasteiger partial charge in [-0.25, -0.2) is 0 Å². The van der Waals surface area contributed by atoms with E-state index in [0.717, 1.165) is 19.3 Å². The number of amides is 2. The Balaban J connectivity index is 2.40. The predicted octanol–water partition coefficient (Wildman–Crippen LogP) is 2.49. The second-order valence-corrected chi connectivity index (χ2v) is 6.36. The van der Waals surface area contributed by atoms with Crippen molar-refractivity contribution in [2.45, 2.75) is 53.4 Å². The second-order valence-electron chi connectivity index (χ2n) is 6.36. The van der Waals surface area contributed by atoms with Gasteiger partial charge >= 0.3 is 0 Å². The molecule has 4 nitrogen and oxygen atoms in total. The van der Waals surface area contributed by atoms with Gasteiger partial charge in [-0.2, -0.15) is 5.26 Å². The van der Waals surface area contributed by atoms with Gasteiger partial charge in [0.1, 0.15) is 0 Å². The Morgan fingerprint density at radius 2 is 1.94 bits per heavy atom. The van der Waals surface area contributed by atoms with E-state index in [-0.39, 0.29) is 17.2 Å². The van der Waals surface area contributed by atoms with E-state index in [1.54, 1.807) is 0 Å². The summed E-state index contributed by atoms with van der Waals surface area (Å²) in [7, 11) is 0. The number of rotatable bonds is 5. The minimum atomic E-state index is -0.539. The van der Waals surface area contributed by atoms with Crippen molar-refractivity contribution in [2.24, 2.45) is 10.8 Å². The Morgan fingerprint density at radius 1 is 1.33 bits per heavy atom. The minimum Gasteiger partial charge on any atom is -0.282 e. The highest BCUT2D eigenvalue weighted by atomic mass is 16.2. The summed E-state index contributed by atoms with van der Waals surface area (Å²) in [6.07, 6.45) is 2.75. The summed E-state index contributed by atoms with van der Waals surface area (Å²) < 4.78 is 0. The van der Waals surface area contributed by atoms with Crippen LogP contribution in [0.15, 0.2) is 0 Å². The molecule has 100 valence electrons. The summed E-state index contributed by atoms with van der Waals surface area (Å²) in [5.41, 5.74) is -0.860. The Bertz CT molecular complexity index is 391. The van der Waals surface area contributed by atoms with Crippen molar-refractivity contribution in [1.29, 1.82) is 5.26 Å². The number of nitrogens with zero attached hydrogens (tertiary/aromatic N) is 2. The molecule has 0 aromatic carbocycles. The number of nitriles is 1. The van der Waals surface area contributed by atoms with Gasteiger partial charge in [-0.1, -0.05) is 20.3 Å². The first-order chi connectivity index (χ1) is 8.19. The molecule has 0 aromatic rings. The third kappa shape index (κ3) is 3.32. The summed E-state index contributed by atoms with van der Waals surface area (Å²) in [4.78, 5) is 25.0. The number of hydrogen-bond acceptors (Lipinski definition) is 3. The quantitative estimate of drug-likeness (QED) is 0.556. The van der Waals surface area contributed by atoms with Crippen molar-refractivity contribution in [3.05, 3.63) is 0 Å². The molecule has 1 heterocycles. The van der Waals surface area contributed by atoms with Crippen molar-refractivity contribution < 1.29 is 9.59 Å². The van der Waals surface area contributed by atoms with Crippen LogP contribution in [0.25, 0.3) is 0 Å². The van der Waals surface area contributed by atoms with Gasteiger partial charge in [-0.05, 0) is 26.7 Å². The molecular weight excluding hydrogens is 228 g/mol. The number of imide groups is 1. The van der Waals surface area contributed by atoms with Crippen LogP contribution in [0, 0.1) is 22.2 Å². The van der Waals surface area contributed by atoms with Crippen molar-refractivity contribution in [3.63, 3.8) is 0 Å². The van der Waals surface area contributed by atoms with Crippen LogP contribution in [0.5, 0.6) is 0 Å². The van der Waals surface area contributed by atoms with Crippen molar-refractivity contribution in [1.82, 2.24) is 4.90 Å². The summed E-state index contributed by atoms with van der Waals surface area (Å²) in [6.45, 7) is 7.92. The van der Waals surface area contributed by atoms with Crippen LogP contribution in [0.1, 0.15) is 53.4 Å². The molecule has 0 unspecified atom stereocenters. The van der Waals surface area contributed by atoms with E-state index in [0.29, 0.717) is 13.0 Å². The fourth-order valence-corrected chi connectivity index (χ4v) is 2.15. The molecule has 0 radical (unpaired) electrons. The number of carbonyl (C=O) groups excluding carboxylic acids is 2. The first-order valence-corrected chi connectivity index (χ1v) is 6.46. The van der Waals surface area contributed by atoms with Gasteiger partial charge in [0.2, 0.25) is 11.8 Å². The third-order valence-corrected chi connectivity index (χ3v) is 3.45. The highest BCUT2D eigenvalue weighted by Gasteiger charge is 2.44. The van der Waals surface area contributed by atoms with Crippen LogP contribution < -0.4 is 0 Å². The van der Waals surface area contributed by atoms with Crippen LogP contribution in [0.2, 0.25) is 0 Å². The molecule has 4 heteroatoms. The molecule has 1 saturated heterocycles. The molecule has 1 aliphatic rings. The summed E-state index contributed by atoms with van der Waals surface area (Å²) in [5.74, 6) is -0.128. The van der Waals surface area contributed by atoms with Gasteiger partial charge < -0.3 is 0 Å². The minimum absolute atomic E-state index is 0.0629. The molecule has 0 N–H and O–H groups in total. The molecule has 0 spiro atoms. The molecule has 1 rings (SSSR count).